The Bertz CT molecular complexity index is 1170. The van der Waals surface area contributed by atoms with Crippen LogP contribution in [0.3, 0.4) is 0 Å². The molecule has 0 spiro atoms. The fourth-order valence-corrected chi connectivity index (χ4v) is 3.90. The van der Waals surface area contributed by atoms with E-state index in [0.29, 0.717) is 16.3 Å². The lowest BCUT2D eigenvalue weighted by Gasteiger charge is -2.22. The maximum Gasteiger partial charge on any atom is 0.245 e. The third-order valence-electron chi connectivity index (χ3n) is 4.27. The monoisotopic (exact) mass is 442 g/mol. The molecule has 30 heavy (non-hydrogen) atoms. The van der Waals surface area contributed by atoms with Gasteiger partial charge in [0, 0.05) is 16.1 Å². The largest absolute Gasteiger partial charge is 0.324 e. The summed E-state index contributed by atoms with van der Waals surface area (Å²) in [5.74, 6) is -0.898. The topological polar surface area (TPSA) is 83.6 Å². The molecule has 0 fully saturated rings. The molecule has 0 bridgehead atoms. The molecule has 6 nitrogen and oxygen atoms in total. The third-order valence-corrected chi connectivity index (χ3v) is 5.64. The van der Waals surface area contributed by atoms with E-state index < -0.39 is 22.5 Å². The summed E-state index contributed by atoms with van der Waals surface area (Å²) in [6.45, 7) is -0.440. The lowest BCUT2D eigenvalue weighted by molar-refractivity contribution is -0.114. The number of halogens is 1. The Morgan fingerprint density at radius 2 is 1.53 bits per heavy atom. The zero-order chi connectivity index (χ0) is 21.7. The van der Waals surface area contributed by atoms with Crippen LogP contribution in [-0.4, -0.2) is 32.9 Å². The van der Waals surface area contributed by atoms with Gasteiger partial charge in [-0.05, 0) is 30.3 Å². The average Bonchev–Trinajstić information content (AvgIpc) is 2.73. The third kappa shape index (κ3) is 5.25. The number of ketones is 1. The van der Waals surface area contributed by atoms with Crippen molar-refractivity contribution < 1.29 is 18.0 Å². The van der Waals surface area contributed by atoms with Gasteiger partial charge in [0.2, 0.25) is 15.9 Å². The van der Waals surface area contributed by atoms with Crippen LogP contribution in [0.1, 0.15) is 15.9 Å². The fraction of sp³-hybridized carbons (Fsp3) is 0.0909. The van der Waals surface area contributed by atoms with Crippen LogP contribution in [-0.2, 0) is 14.8 Å². The first-order chi connectivity index (χ1) is 14.3. The standard InChI is InChI=1S/C22H19ClN2O4S/c1-30(28,29)25(18-10-6-3-7-11-18)15-21(26)24-20-13-12-17(23)14-19(20)22(27)16-8-4-2-5-9-16/h2-14H,15H2,1H3,(H,24,26). The zero-order valence-electron chi connectivity index (χ0n) is 16.1. The minimum atomic E-state index is -3.70. The van der Waals surface area contributed by atoms with Crippen molar-refractivity contribution in [3.05, 3.63) is 95.0 Å². The van der Waals surface area contributed by atoms with Crippen molar-refractivity contribution in [2.45, 2.75) is 0 Å². The van der Waals surface area contributed by atoms with Crippen LogP contribution in [0, 0.1) is 0 Å². The fourth-order valence-electron chi connectivity index (χ4n) is 2.87. The predicted molar refractivity (Wildman–Crippen MR) is 119 cm³/mol. The second-order valence-electron chi connectivity index (χ2n) is 6.54. The summed E-state index contributed by atoms with van der Waals surface area (Å²) in [4.78, 5) is 25.6. The molecule has 0 saturated heterocycles. The van der Waals surface area contributed by atoms with Crippen LogP contribution in [0.2, 0.25) is 5.02 Å². The van der Waals surface area contributed by atoms with Gasteiger partial charge in [0.05, 0.1) is 17.6 Å². The maximum absolute atomic E-state index is 12.9. The van der Waals surface area contributed by atoms with Crippen LogP contribution >= 0.6 is 11.6 Å². The van der Waals surface area contributed by atoms with Crippen molar-refractivity contribution in [3.8, 4) is 0 Å². The molecular formula is C22H19ClN2O4S. The Labute approximate surface area is 180 Å². The normalized spacial score (nSPS) is 11.0. The molecule has 0 radical (unpaired) electrons. The van der Waals surface area contributed by atoms with Gasteiger partial charge < -0.3 is 5.32 Å². The van der Waals surface area contributed by atoms with Gasteiger partial charge in [-0.3, -0.25) is 13.9 Å². The molecule has 0 aliphatic rings. The molecule has 0 saturated carbocycles. The van der Waals surface area contributed by atoms with Crippen molar-refractivity contribution in [1.29, 1.82) is 0 Å². The van der Waals surface area contributed by atoms with Crippen LogP contribution in [0.4, 0.5) is 11.4 Å². The SMILES string of the molecule is CS(=O)(=O)N(CC(=O)Nc1ccc(Cl)cc1C(=O)c1ccccc1)c1ccccc1. The van der Waals surface area contributed by atoms with E-state index in [1.54, 1.807) is 66.7 Å². The van der Waals surface area contributed by atoms with Crippen LogP contribution < -0.4 is 9.62 Å². The summed E-state index contributed by atoms with van der Waals surface area (Å²) >= 11 is 6.06. The van der Waals surface area contributed by atoms with Gasteiger partial charge in [-0.1, -0.05) is 60.1 Å². The van der Waals surface area contributed by atoms with Crippen molar-refractivity contribution in [3.63, 3.8) is 0 Å². The number of rotatable bonds is 7. The van der Waals surface area contributed by atoms with Gasteiger partial charge >= 0.3 is 0 Å². The first-order valence-corrected chi connectivity index (χ1v) is 11.2. The van der Waals surface area contributed by atoms with E-state index >= 15 is 0 Å². The Balaban J connectivity index is 1.87. The van der Waals surface area contributed by atoms with Crippen molar-refractivity contribution in [2.75, 3.05) is 22.4 Å². The molecule has 0 aromatic heterocycles. The first kappa shape index (κ1) is 21.5. The highest BCUT2D eigenvalue weighted by atomic mass is 35.5. The van der Waals surface area contributed by atoms with Crippen molar-refractivity contribution in [1.82, 2.24) is 0 Å². The van der Waals surface area contributed by atoms with Gasteiger partial charge in [0.25, 0.3) is 0 Å². The molecule has 3 aromatic carbocycles. The summed E-state index contributed by atoms with van der Waals surface area (Å²) in [5, 5.41) is 2.98. The highest BCUT2D eigenvalue weighted by Gasteiger charge is 2.22. The van der Waals surface area contributed by atoms with Crippen LogP contribution in [0.15, 0.2) is 78.9 Å². The van der Waals surface area contributed by atoms with Gasteiger partial charge in [0.1, 0.15) is 6.54 Å². The number of carbonyl (C=O) groups is 2. The van der Waals surface area contributed by atoms with Crippen LogP contribution in [0.25, 0.3) is 0 Å². The van der Waals surface area contributed by atoms with Gasteiger partial charge in [-0.15, -0.1) is 0 Å². The number of para-hydroxylation sites is 1. The molecule has 1 N–H and O–H groups in total. The highest BCUT2D eigenvalue weighted by Crippen LogP contribution is 2.24. The highest BCUT2D eigenvalue weighted by molar-refractivity contribution is 7.92. The molecule has 154 valence electrons. The second kappa shape index (κ2) is 9.11. The molecule has 0 atom stereocenters. The molecule has 1 amide bonds. The Morgan fingerprint density at radius 1 is 0.933 bits per heavy atom. The maximum atomic E-state index is 12.9. The van der Waals surface area contributed by atoms with Gasteiger partial charge in [-0.25, -0.2) is 8.42 Å². The molecule has 8 heteroatoms. The second-order valence-corrected chi connectivity index (χ2v) is 8.88. The minimum Gasteiger partial charge on any atom is -0.324 e. The van der Waals surface area contributed by atoms with E-state index in [4.69, 9.17) is 11.6 Å². The lowest BCUT2D eigenvalue weighted by Crippen LogP contribution is -2.37. The van der Waals surface area contributed by atoms with E-state index in [-0.39, 0.29) is 17.0 Å². The summed E-state index contributed by atoms with van der Waals surface area (Å²) in [6.07, 6.45) is 1.03. The molecule has 0 heterocycles. The zero-order valence-corrected chi connectivity index (χ0v) is 17.7. The number of benzene rings is 3. The van der Waals surface area contributed by atoms with Gasteiger partial charge in [-0.2, -0.15) is 0 Å². The molecule has 3 aromatic rings. The summed E-state index contributed by atoms with van der Waals surface area (Å²) in [7, 11) is -3.70. The predicted octanol–water partition coefficient (Wildman–Crippen LogP) is 3.98. The summed E-state index contributed by atoms with van der Waals surface area (Å²) < 4.78 is 25.4. The Hall–Kier alpha value is -3.16. The number of amides is 1. The molecule has 0 unspecified atom stereocenters. The van der Waals surface area contributed by atoms with E-state index in [1.807, 2.05) is 0 Å². The minimum absolute atomic E-state index is 0.215. The lowest BCUT2D eigenvalue weighted by atomic mass is 10.0. The number of nitrogens with zero attached hydrogens (tertiary/aromatic N) is 1. The number of anilines is 2. The van der Waals surface area contributed by atoms with E-state index in [1.165, 1.54) is 12.1 Å². The smallest absolute Gasteiger partial charge is 0.245 e. The number of nitrogens with one attached hydrogen (secondary N) is 1. The van der Waals surface area contributed by atoms with E-state index in [0.717, 1.165) is 10.6 Å². The first-order valence-electron chi connectivity index (χ1n) is 8.97. The van der Waals surface area contributed by atoms with Crippen molar-refractivity contribution in [2.24, 2.45) is 0 Å². The van der Waals surface area contributed by atoms with Crippen LogP contribution in [0.5, 0.6) is 0 Å². The quantitative estimate of drug-likeness (QED) is 0.561. The molecule has 3 rings (SSSR count). The Morgan fingerprint density at radius 3 is 2.13 bits per heavy atom. The number of hydrogen-bond acceptors (Lipinski definition) is 4. The van der Waals surface area contributed by atoms with Gasteiger partial charge in [0.15, 0.2) is 5.78 Å². The molecule has 0 aliphatic heterocycles. The summed E-state index contributed by atoms with van der Waals surface area (Å²) in [5.41, 5.74) is 1.27. The number of carbonyl (C=O) groups excluding carboxylic acids is 2. The molecule has 0 aliphatic carbocycles. The average molecular weight is 443 g/mol. The van der Waals surface area contributed by atoms with Crippen molar-refractivity contribution >= 4 is 44.7 Å². The number of hydrogen-bond donors (Lipinski definition) is 1. The van der Waals surface area contributed by atoms with E-state index in [9.17, 15) is 18.0 Å². The van der Waals surface area contributed by atoms with E-state index in [2.05, 4.69) is 5.32 Å². The number of sulfonamides is 1. The Kier molecular flexibility index (Phi) is 6.54. The summed E-state index contributed by atoms with van der Waals surface area (Å²) in [6, 6.07) is 21.4. The molecular weight excluding hydrogens is 424 g/mol.